The van der Waals surface area contributed by atoms with Gasteiger partial charge in [0.1, 0.15) is 0 Å². The zero-order valence-electron chi connectivity index (χ0n) is 18.6. The second kappa shape index (κ2) is 9.11. The molecule has 0 aliphatic heterocycles. The van der Waals surface area contributed by atoms with Crippen LogP contribution in [-0.4, -0.2) is 16.0 Å². The minimum absolute atomic E-state index is 0. The van der Waals surface area contributed by atoms with Gasteiger partial charge in [0.05, 0.1) is 12.0 Å². The number of aryl methyl sites for hydroxylation is 1. The summed E-state index contributed by atoms with van der Waals surface area (Å²) in [5.74, 6) is 2.75. The minimum atomic E-state index is 0. The van der Waals surface area contributed by atoms with Crippen LogP contribution in [0.2, 0.25) is 0 Å². The molecule has 4 aliphatic rings. The van der Waals surface area contributed by atoms with E-state index in [0.29, 0.717) is 6.42 Å². The second-order valence-corrected chi connectivity index (χ2v) is 10.6. The number of anilines is 1. The van der Waals surface area contributed by atoms with E-state index >= 15 is 0 Å². The highest BCUT2D eigenvalue weighted by molar-refractivity contribution is 7.07. The number of halogens is 1. The molecular weight excluding hydrogens is 426 g/mol. The van der Waals surface area contributed by atoms with Crippen LogP contribution < -0.4 is 10.1 Å². The summed E-state index contributed by atoms with van der Waals surface area (Å²) in [4.78, 5) is 19.2. The first kappa shape index (κ1) is 22.6. The van der Waals surface area contributed by atoms with E-state index < -0.39 is 0 Å². The number of amides is 1. The molecule has 2 aromatic rings. The van der Waals surface area contributed by atoms with Crippen molar-refractivity contribution in [1.82, 2.24) is 4.57 Å². The van der Waals surface area contributed by atoms with Gasteiger partial charge in [0.2, 0.25) is 5.91 Å². The van der Waals surface area contributed by atoms with Gasteiger partial charge in [-0.05, 0) is 87.3 Å². The van der Waals surface area contributed by atoms with E-state index in [2.05, 4.69) is 41.2 Å². The zero-order valence-corrected chi connectivity index (χ0v) is 20.2. The summed E-state index contributed by atoms with van der Waals surface area (Å²) in [7, 11) is 0. The maximum atomic E-state index is 12.7. The Morgan fingerprint density at radius 3 is 2.26 bits per heavy atom. The minimum Gasteiger partial charge on any atom is -0.326 e. The Labute approximate surface area is 195 Å². The molecule has 0 atom stereocenters. The molecule has 4 fully saturated rings. The van der Waals surface area contributed by atoms with E-state index in [4.69, 9.17) is 4.99 Å². The van der Waals surface area contributed by atoms with Gasteiger partial charge in [-0.15, -0.1) is 23.7 Å². The first-order valence-electron chi connectivity index (χ1n) is 11.7. The van der Waals surface area contributed by atoms with Crippen molar-refractivity contribution in [3.63, 3.8) is 0 Å². The molecule has 168 valence electrons. The third-order valence-electron chi connectivity index (χ3n) is 7.52. The van der Waals surface area contributed by atoms with Gasteiger partial charge in [-0.2, -0.15) is 0 Å². The summed E-state index contributed by atoms with van der Waals surface area (Å²) in [6.07, 6.45) is 9.58. The van der Waals surface area contributed by atoms with Gasteiger partial charge >= 0.3 is 0 Å². The van der Waals surface area contributed by atoms with E-state index in [1.165, 1.54) is 44.1 Å². The van der Waals surface area contributed by atoms with Crippen LogP contribution in [0, 0.1) is 17.8 Å². The molecule has 4 saturated carbocycles. The van der Waals surface area contributed by atoms with Gasteiger partial charge in [-0.3, -0.25) is 9.79 Å². The quantitative estimate of drug-likeness (QED) is 0.600. The first-order chi connectivity index (χ1) is 14.6. The SMILES string of the molecule is CCc1ccc(NC(=O)Cc2csc(=NC34CC5CC(CC(C5)C3)C4)n2CC)cc1.Cl. The highest BCUT2D eigenvalue weighted by Crippen LogP contribution is 2.57. The third-order valence-corrected chi connectivity index (χ3v) is 8.43. The number of carbonyl (C=O) groups is 1. The summed E-state index contributed by atoms with van der Waals surface area (Å²) in [5.41, 5.74) is 3.41. The topological polar surface area (TPSA) is 46.4 Å². The smallest absolute Gasteiger partial charge is 0.230 e. The van der Waals surface area contributed by atoms with Crippen LogP contribution in [-0.2, 0) is 24.2 Å². The Balaban J connectivity index is 0.00000231. The molecular formula is C25H34ClN3OS. The van der Waals surface area contributed by atoms with Crippen LogP contribution >= 0.6 is 23.7 Å². The number of carbonyl (C=O) groups excluding carboxylic acids is 1. The van der Waals surface area contributed by atoms with Gasteiger partial charge in [-0.25, -0.2) is 0 Å². The van der Waals surface area contributed by atoms with Gasteiger partial charge in [-0.1, -0.05) is 19.1 Å². The van der Waals surface area contributed by atoms with E-state index in [1.54, 1.807) is 11.3 Å². The molecule has 6 rings (SSSR count). The molecule has 0 radical (unpaired) electrons. The fourth-order valence-electron chi connectivity index (χ4n) is 6.53. The highest BCUT2D eigenvalue weighted by Gasteiger charge is 2.51. The predicted octanol–water partition coefficient (Wildman–Crippen LogP) is 5.60. The van der Waals surface area contributed by atoms with Crippen molar-refractivity contribution < 1.29 is 4.79 Å². The molecule has 1 amide bonds. The predicted molar refractivity (Wildman–Crippen MR) is 130 cm³/mol. The Morgan fingerprint density at radius 1 is 1.10 bits per heavy atom. The molecule has 0 spiro atoms. The molecule has 0 unspecified atom stereocenters. The number of rotatable bonds is 6. The molecule has 1 heterocycles. The lowest BCUT2D eigenvalue weighted by Crippen LogP contribution is -2.50. The summed E-state index contributed by atoms with van der Waals surface area (Å²) in [5, 5.41) is 5.19. The molecule has 1 N–H and O–H groups in total. The Kier molecular flexibility index (Phi) is 6.64. The lowest BCUT2D eigenvalue weighted by molar-refractivity contribution is -0.115. The van der Waals surface area contributed by atoms with Crippen molar-refractivity contribution in [2.45, 2.75) is 77.3 Å². The average Bonchev–Trinajstić information content (AvgIpc) is 3.07. The molecule has 4 nitrogen and oxygen atoms in total. The molecule has 1 aromatic heterocycles. The average molecular weight is 460 g/mol. The summed E-state index contributed by atoms with van der Waals surface area (Å²) in [6, 6.07) is 8.14. The van der Waals surface area contributed by atoms with Crippen molar-refractivity contribution in [3.8, 4) is 0 Å². The molecule has 4 aliphatic carbocycles. The van der Waals surface area contributed by atoms with Gasteiger partial charge < -0.3 is 9.88 Å². The fourth-order valence-corrected chi connectivity index (χ4v) is 7.60. The molecule has 31 heavy (non-hydrogen) atoms. The van der Waals surface area contributed by atoms with Crippen LogP contribution in [0.4, 0.5) is 5.69 Å². The number of thiazole rings is 1. The Bertz CT molecular complexity index is 956. The maximum absolute atomic E-state index is 12.7. The van der Waals surface area contributed by atoms with Crippen LogP contribution in [0.1, 0.15) is 63.6 Å². The second-order valence-electron chi connectivity index (χ2n) is 9.78. The molecule has 0 saturated heterocycles. The van der Waals surface area contributed by atoms with E-state index in [9.17, 15) is 4.79 Å². The Hall–Kier alpha value is -1.59. The van der Waals surface area contributed by atoms with E-state index in [1.807, 2.05) is 12.1 Å². The van der Waals surface area contributed by atoms with Gasteiger partial charge in [0.15, 0.2) is 4.80 Å². The van der Waals surface area contributed by atoms with Gasteiger partial charge in [0.25, 0.3) is 0 Å². The van der Waals surface area contributed by atoms with Gasteiger partial charge in [0, 0.05) is 23.3 Å². The van der Waals surface area contributed by atoms with Crippen molar-refractivity contribution in [1.29, 1.82) is 0 Å². The van der Waals surface area contributed by atoms with Crippen molar-refractivity contribution in [2.24, 2.45) is 22.7 Å². The number of hydrogen-bond acceptors (Lipinski definition) is 3. The molecule has 6 heteroatoms. The lowest BCUT2D eigenvalue weighted by Gasteiger charge is -2.54. The van der Waals surface area contributed by atoms with Crippen LogP contribution in [0.15, 0.2) is 34.6 Å². The normalized spacial score (nSPS) is 29.1. The van der Waals surface area contributed by atoms with Crippen LogP contribution in [0.25, 0.3) is 0 Å². The molecule has 1 aromatic carbocycles. The monoisotopic (exact) mass is 459 g/mol. The summed E-state index contributed by atoms with van der Waals surface area (Å²) in [6.45, 7) is 5.17. The molecule has 4 bridgehead atoms. The Morgan fingerprint density at radius 2 is 1.71 bits per heavy atom. The van der Waals surface area contributed by atoms with Crippen molar-refractivity contribution in [3.05, 3.63) is 45.7 Å². The lowest BCUT2D eigenvalue weighted by atomic mass is 9.53. The summed E-state index contributed by atoms with van der Waals surface area (Å²) < 4.78 is 2.27. The first-order valence-corrected chi connectivity index (χ1v) is 12.6. The van der Waals surface area contributed by atoms with Crippen molar-refractivity contribution in [2.75, 3.05) is 5.32 Å². The number of benzene rings is 1. The standard InChI is InChI=1S/C25H33N3OS.ClH/c1-3-17-5-7-21(8-6-17)26-23(29)12-22-16-30-24(28(22)4-2)27-25-13-18-9-19(14-25)11-20(10-18)15-25;/h5-8,16,18-20H,3-4,9-15H2,1-2H3,(H,26,29);1H. The zero-order chi connectivity index (χ0) is 20.7. The number of nitrogens with one attached hydrogen (secondary N) is 1. The largest absolute Gasteiger partial charge is 0.326 e. The number of aromatic nitrogens is 1. The number of hydrogen-bond donors (Lipinski definition) is 1. The van der Waals surface area contributed by atoms with E-state index in [-0.39, 0.29) is 23.9 Å². The van der Waals surface area contributed by atoms with E-state index in [0.717, 1.165) is 46.9 Å². The number of nitrogens with zero attached hydrogens (tertiary/aromatic N) is 2. The van der Waals surface area contributed by atoms with Crippen LogP contribution in [0.5, 0.6) is 0 Å². The van der Waals surface area contributed by atoms with Crippen LogP contribution in [0.3, 0.4) is 0 Å². The van der Waals surface area contributed by atoms with Crippen molar-refractivity contribution >= 4 is 35.3 Å². The maximum Gasteiger partial charge on any atom is 0.230 e. The fraction of sp³-hybridized carbons (Fsp3) is 0.600. The third kappa shape index (κ3) is 4.63. The highest BCUT2D eigenvalue weighted by atomic mass is 35.5. The summed E-state index contributed by atoms with van der Waals surface area (Å²) >= 11 is 1.72.